The summed E-state index contributed by atoms with van der Waals surface area (Å²) in [6, 6.07) is 40.2. The average molecular weight is 747 g/mol. The third kappa shape index (κ3) is 5.07. The van der Waals surface area contributed by atoms with Gasteiger partial charge in [-0.3, -0.25) is 4.57 Å². The predicted molar refractivity (Wildman–Crippen MR) is 237 cm³/mol. The molecule has 0 N–H and O–H groups in total. The molecule has 5 aromatic carbocycles. The van der Waals surface area contributed by atoms with Crippen LogP contribution in [0.15, 0.2) is 126 Å². The molecule has 2 aromatic heterocycles. The number of para-hydroxylation sites is 2. The molecule has 7 aromatic rings. The van der Waals surface area contributed by atoms with Crippen molar-refractivity contribution in [2.45, 2.75) is 90.7 Å². The van der Waals surface area contributed by atoms with E-state index in [-0.39, 0.29) is 10.8 Å². The highest BCUT2D eigenvalue weighted by Crippen LogP contribution is 2.55. The smallest absolute Gasteiger partial charge is 0.218 e. The van der Waals surface area contributed by atoms with Crippen LogP contribution < -0.4 is 4.90 Å². The maximum absolute atomic E-state index is 7.15. The van der Waals surface area contributed by atoms with Gasteiger partial charge in [0, 0.05) is 39.2 Å². The monoisotopic (exact) mass is 746 g/mol. The van der Waals surface area contributed by atoms with Crippen LogP contribution in [0.2, 0.25) is 0 Å². The van der Waals surface area contributed by atoms with Crippen molar-refractivity contribution in [3.05, 3.63) is 166 Å². The molecule has 0 unspecified atom stereocenters. The normalized spacial score (nSPS) is 20.7. The van der Waals surface area contributed by atoms with Crippen molar-refractivity contribution < 1.29 is 4.74 Å². The first-order chi connectivity index (χ1) is 27.2. The Morgan fingerprint density at radius 1 is 0.667 bits per heavy atom. The van der Waals surface area contributed by atoms with Gasteiger partial charge in [0.2, 0.25) is 5.90 Å². The first kappa shape index (κ1) is 35.5. The quantitative estimate of drug-likeness (QED) is 0.181. The first-order valence-electron chi connectivity index (χ1n) is 20.3. The molecular formula is C52H50N4O. The van der Waals surface area contributed by atoms with Crippen molar-refractivity contribution in [3.63, 3.8) is 0 Å². The molecule has 0 bridgehead atoms. The third-order valence-corrected chi connectivity index (χ3v) is 13.3. The molecule has 0 fully saturated rings. The minimum atomic E-state index is -0.619. The first-order valence-corrected chi connectivity index (χ1v) is 20.3. The van der Waals surface area contributed by atoms with Gasteiger partial charge in [0.25, 0.3) is 0 Å². The van der Waals surface area contributed by atoms with E-state index in [1.165, 1.54) is 49.8 Å². The van der Waals surface area contributed by atoms with Gasteiger partial charge >= 0.3 is 0 Å². The molecule has 2 atom stereocenters. The Morgan fingerprint density at radius 3 is 2.21 bits per heavy atom. The minimum absolute atomic E-state index is 0.0138. The van der Waals surface area contributed by atoms with Crippen LogP contribution in [0.4, 0.5) is 17.1 Å². The van der Waals surface area contributed by atoms with Crippen LogP contribution in [0.1, 0.15) is 99.4 Å². The Morgan fingerprint density at radius 2 is 1.40 bits per heavy atom. The van der Waals surface area contributed by atoms with Crippen LogP contribution in [-0.2, 0) is 21.2 Å². The van der Waals surface area contributed by atoms with Crippen molar-refractivity contribution >= 4 is 50.8 Å². The second-order valence-electron chi connectivity index (χ2n) is 18.3. The number of hydrogen-bond donors (Lipinski definition) is 0. The van der Waals surface area contributed by atoms with Crippen molar-refractivity contribution in [1.29, 1.82) is 0 Å². The lowest BCUT2D eigenvalue weighted by atomic mass is 9.73. The van der Waals surface area contributed by atoms with Crippen molar-refractivity contribution in [3.8, 4) is 5.82 Å². The summed E-state index contributed by atoms with van der Waals surface area (Å²) < 4.78 is 9.51. The number of rotatable bonds is 3. The average Bonchev–Trinajstić information content (AvgIpc) is 3.61. The van der Waals surface area contributed by atoms with Crippen molar-refractivity contribution in [2.75, 3.05) is 4.90 Å². The summed E-state index contributed by atoms with van der Waals surface area (Å²) in [6.07, 6.45) is 7.22. The van der Waals surface area contributed by atoms with Crippen LogP contribution in [0.3, 0.4) is 0 Å². The lowest BCUT2D eigenvalue weighted by Gasteiger charge is -2.42. The lowest BCUT2D eigenvalue weighted by molar-refractivity contribution is 0.0322. The van der Waals surface area contributed by atoms with E-state index >= 15 is 0 Å². The fourth-order valence-corrected chi connectivity index (χ4v) is 9.84. The number of aromatic nitrogens is 2. The number of aryl methyl sites for hydroxylation is 2. The van der Waals surface area contributed by atoms with Crippen LogP contribution in [-0.4, -0.2) is 21.0 Å². The zero-order valence-electron chi connectivity index (χ0n) is 34.5. The third-order valence-electron chi connectivity index (χ3n) is 13.3. The standard InChI is InChI=1S/C52H50N4O/c1-32-27-33(2)44(30-37(32)48-54-51(8)25-16-18-34-17-10-12-20-39(34)52(51,9)57-48)55-43-23-15-13-21-40(43)50(6,7)41-29-38-36-19-11-14-22-42(36)56(45(38)31-46(41)55)47-28-35(24-26-53-47)49(3,4)5/h10-24,26-31H,25H2,1-9H3/t51-,52+/m1/s1. The molecule has 2 aliphatic heterocycles. The maximum Gasteiger partial charge on any atom is 0.218 e. The minimum Gasteiger partial charge on any atom is -0.464 e. The van der Waals surface area contributed by atoms with Crippen LogP contribution in [0, 0.1) is 13.8 Å². The Balaban J connectivity index is 1.21. The van der Waals surface area contributed by atoms with Gasteiger partial charge in [0.15, 0.2) is 5.60 Å². The molecule has 57 heavy (non-hydrogen) atoms. The molecule has 10 rings (SSSR count). The van der Waals surface area contributed by atoms with Gasteiger partial charge in [0.1, 0.15) is 11.4 Å². The van der Waals surface area contributed by atoms with E-state index in [1.54, 1.807) is 0 Å². The molecule has 0 radical (unpaired) electrons. The SMILES string of the molecule is Cc1cc(C)c(N2c3ccccc3C(C)(C)c3cc4c5ccccc5n(-c5cc(C(C)(C)C)ccn5)c4cc32)cc1C1=N[C@]2(C)CC=Cc3ccccc3[C@]2(C)O1. The highest BCUT2D eigenvalue weighted by molar-refractivity contribution is 6.11. The zero-order valence-corrected chi connectivity index (χ0v) is 34.5. The lowest BCUT2D eigenvalue weighted by Crippen LogP contribution is -2.43. The number of fused-ring (bicyclic) bond motifs is 8. The second-order valence-corrected chi connectivity index (χ2v) is 18.3. The Bertz CT molecular complexity index is 2880. The summed E-state index contributed by atoms with van der Waals surface area (Å²) in [7, 11) is 0. The van der Waals surface area contributed by atoms with E-state index in [9.17, 15) is 0 Å². The van der Waals surface area contributed by atoms with E-state index in [0.29, 0.717) is 5.90 Å². The van der Waals surface area contributed by atoms with E-state index < -0.39 is 11.1 Å². The summed E-state index contributed by atoms with van der Waals surface area (Å²) in [5, 5.41) is 2.45. The van der Waals surface area contributed by atoms with E-state index in [1.807, 2.05) is 6.20 Å². The molecule has 1 aliphatic carbocycles. The molecule has 5 nitrogen and oxygen atoms in total. The summed E-state index contributed by atoms with van der Waals surface area (Å²) >= 11 is 0. The molecule has 4 heterocycles. The summed E-state index contributed by atoms with van der Waals surface area (Å²) in [6.45, 7) is 20.4. The number of nitrogens with zero attached hydrogens (tertiary/aromatic N) is 4. The fraction of sp³-hybridized carbons (Fsp3) is 0.269. The van der Waals surface area contributed by atoms with Crippen molar-refractivity contribution in [2.24, 2.45) is 4.99 Å². The molecular weight excluding hydrogens is 697 g/mol. The number of pyridine rings is 1. The summed E-state index contributed by atoms with van der Waals surface area (Å²) in [5.74, 6) is 1.63. The summed E-state index contributed by atoms with van der Waals surface area (Å²) in [4.78, 5) is 13.0. The highest BCUT2D eigenvalue weighted by Gasteiger charge is 2.54. The largest absolute Gasteiger partial charge is 0.464 e. The van der Waals surface area contributed by atoms with E-state index in [2.05, 4.69) is 193 Å². The van der Waals surface area contributed by atoms with Crippen LogP contribution >= 0.6 is 0 Å². The molecule has 0 saturated heterocycles. The molecule has 3 aliphatic rings. The summed E-state index contributed by atoms with van der Waals surface area (Å²) in [5.41, 5.74) is 13.9. The van der Waals surface area contributed by atoms with Gasteiger partial charge in [-0.25, -0.2) is 9.98 Å². The topological polar surface area (TPSA) is 42.7 Å². The number of hydrogen-bond acceptors (Lipinski definition) is 4. The molecule has 0 spiro atoms. The van der Waals surface area contributed by atoms with Gasteiger partial charge in [-0.15, -0.1) is 0 Å². The zero-order chi connectivity index (χ0) is 39.6. The van der Waals surface area contributed by atoms with Crippen molar-refractivity contribution in [1.82, 2.24) is 9.55 Å². The Labute approximate surface area is 336 Å². The second kappa shape index (κ2) is 12.0. The number of ether oxygens (including phenoxy) is 1. The highest BCUT2D eigenvalue weighted by atomic mass is 16.5. The van der Waals surface area contributed by atoms with Crippen LogP contribution in [0.5, 0.6) is 0 Å². The maximum atomic E-state index is 7.15. The Kier molecular flexibility index (Phi) is 7.49. The Hall–Kier alpha value is -5.94. The molecule has 0 amide bonds. The molecule has 284 valence electrons. The number of aliphatic imine (C=N–C) groups is 1. The molecule has 0 saturated carbocycles. The number of benzene rings is 5. The fourth-order valence-electron chi connectivity index (χ4n) is 9.84. The van der Waals surface area contributed by atoms with E-state index in [4.69, 9.17) is 14.7 Å². The van der Waals surface area contributed by atoms with Gasteiger partial charge < -0.3 is 9.64 Å². The van der Waals surface area contributed by atoms with Crippen LogP contribution in [0.25, 0.3) is 33.7 Å². The molecule has 5 heteroatoms. The number of anilines is 3. The van der Waals surface area contributed by atoms with Gasteiger partial charge in [-0.05, 0) is 115 Å². The van der Waals surface area contributed by atoms with Gasteiger partial charge in [-0.2, -0.15) is 0 Å². The van der Waals surface area contributed by atoms with Gasteiger partial charge in [-0.1, -0.05) is 114 Å². The van der Waals surface area contributed by atoms with E-state index in [0.717, 1.165) is 45.8 Å². The van der Waals surface area contributed by atoms with Gasteiger partial charge in [0.05, 0.1) is 22.4 Å². The predicted octanol–water partition coefficient (Wildman–Crippen LogP) is 13.1.